The van der Waals surface area contributed by atoms with E-state index in [4.69, 9.17) is 9.72 Å². The third-order valence-corrected chi connectivity index (χ3v) is 7.21. The molecule has 2 amide bonds. The largest absolute Gasteiger partial charge is 0.445 e. The molecule has 3 aromatic carbocycles. The molecule has 37 heavy (non-hydrogen) atoms. The predicted molar refractivity (Wildman–Crippen MR) is 141 cm³/mol. The zero-order chi connectivity index (χ0) is 25.2. The molecule has 2 heterocycles. The van der Waals surface area contributed by atoms with Crippen LogP contribution in [0.4, 0.5) is 4.79 Å². The van der Waals surface area contributed by atoms with Crippen LogP contribution in [0.15, 0.2) is 72.8 Å². The van der Waals surface area contributed by atoms with Crippen molar-refractivity contribution in [2.75, 3.05) is 6.54 Å². The topological polar surface area (TPSA) is 87.3 Å². The van der Waals surface area contributed by atoms with Crippen molar-refractivity contribution in [2.24, 2.45) is 5.92 Å². The lowest BCUT2D eigenvalue weighted by molar-refractivity contribution is -0.122. The summed E-state index contributed by atoms with van der Waals surface area (Å²) in [5.74, 6) is 1.18. The van der Waals surface area contributed by atoms with Gasteiger partial charge in [-0.1, -0.05) is 60.7 Å². The van der Waals surface area contributed by atoms with E-state index in [1.165, 1.54) is 0 Å². The molecule has 1 aromatic heterocycles. The molecule has 1 saturated heterocycles. The summed E-state index contributed by atoms with van der Waals surface area (Å²) in [6.07, 6.45) is 3.49. The summed E-state index contributed by atoms with van der Waals surface area (Å²) in [7, 11) is 0. The summed E-state index contributed by atoms with van der Waals surface area (Å²) in [4.78, 5) is 34.8. The van der Waals surface area contributed by atoms with Crippen LogP contribution in [0.3, 0.4) is 0 Å². The van der Waals surface area contributed by atoms with Crippen LogP contribution < -0.4 is 5.32 Å². The molecule has 7 nitrogen and oxygen atoms in total. The van der Waals surface area contributed by atoms with Gasteiger partial charge in [0, 0.05) is 19.0 Å². The molecular weight excluding hydrogens is 464 g/mol. The van der Waals surface area contributed by atoms with E-state index in [0.29, 0.717) is 13.1 Å². The quantitative estimate of drug-likeness (QED) is 0.344. The molecule has 7 heteroatoms. The fourth-order valence-corrected chi connectivity index (χ4v) is 4.93. The maximum absolute atomic E-state index is 12.8. The number of likely N-dealkylation sites (tertiary alicyclic amines) is 1. The molecule has 2 N–H and O–H groups in total. The van der Waals surface area contributed by atoms with Crippen molar-refractivity contribution in [3.63, 3.8) is 0 Å². The molecule has 0 unspecified atom stereocenters. The Labute approximate surface area is 215 Å². The van der Waals surface area contributed by atoms with E-state index >= 15 is 0 Å². The molecule has 6 rings (SSSR count). The van der Waals surface area contributed by atoms with Crippen molar-refractivity contribution in [1.29, 1.82) is 0 Å². The fourth-order valence-electron chi connectivity index (χ4n) is 4.93. The van der Waals surface area contributed by atoms with Gasteiger partial charge in [0.15, 0.2) is 0 Å². The van der Waals surface area contributed by atoms with Crippen LogP contribution >= 0.6 is 0 Å². The first-order valence-electron chi connectivity index (χ1n) is 13.0. The van der Waals surface area contributed by atoms with Gasteiger partial charge in [-0.3, -0.25) is 9.69 Å². The van der Waals surface area contributed by atoms with Gasteiger partial charge in [-0.25, -0.2) is 9.78 Å². The number of benzene rings is 3. The van der Waals surface area contributed by atoms with E-state index < -0.39 is 0 Å². The molecule has 1 saturated carbocycles. The highest BCUT2D eigenvalue weighted by molar-refractivity contribution is 5.82. The second-order valence-corrected chi connectivity index (χ2v) is 9.93. The van der Waals surface area contributed by atoms with Crippen LogP contribution in [-0.2, 0) is 22.7 Å². The second-order valence-electron chi connectivity index (χ2n) is 9.93. The maximum Gasteiger partial charge on any atom is 0.410 e. The third-order valence-electron chi connectivity index (χ3n) is 7.21. The van der Waals surface area contributed by atoms with Crippen molar-refractivity contribution < 1.29 is 14.3 Å². The van der Waals surface area contributed by atoms with Crippen molar-refractivity contribution >= 4 is 23.0 Å². The minimum atomic E-state index is -0.305. The van der Waals surface area contributed by atoms with E-state index in [-0.39, 0.29) is 30.6 Å². The molecule has 2 fully saturated rings. The molecule has 188 valence electrons. The minimum absolute atomic E-state index is 0.121. The van der Waals surface area contributed by atoms with E-state index in [9.17, 15) is 9.59 Å². The number of aromatic amines is 1. The Bertz CT molecular complexity index is 1410. The highest BCUT2D eigenvalue weighted by atomic mass is 16.6. The monoisotopic (exact) mass is 494 g/mol. The van der Waals surface area contributed by atoms with Gasteiger partial charge >= 0.3 is 6.09 Å². The van der Waals surface area contributed by atoms with Gasteiger partial charge in [-0.05, 0) is 60.1 Å². The van der Waals surface area contributed by atoms with E-state index in [1.54, 1.807) is 4.90 Å². The number of ether oxygens (including phenoxy) is 1. The van der Waals surface area contributed by atoms with Crippen LogP contribution in [0.5, 0.6) is 0 Å². The lowest BCUT2D eigenvalue weighted by atomic mass is 10.0. The Hall–Kier alpha value is -4.13. The zero-order valence-electron chi connectivity index (χ0n) is 20.7. The van der Waals surface area contributed by atoms with Crippen LogP contribution in [0.25, 0.3) is 22.2 Å². The van der Waals surface area contributed by atoms with Crippen molar-refractivity contribution in [3.05, 3.63) is 89.7 Å². The molecule has 0 bridgehead atoms. The average molecular weight is 495 g/mol. The number of hydrogen-bond acceptors (Lipinski definition) is 4. The van der Waals surface area contributed by atoms with Crippen molar-refractivity contribution in [2.45, 2.75) is 44.9 Å². The maximum atomic E-state index is 12.8. The second kappa shape index (κ2) is 10.1. The number of carbonyl (C=O) groups is 2. The zero-order valence-corrected chi connectivity index (χ0v) is 20.7. The molecule has 2 aliphatic rings. The number of hydrogen-bond donors (Lipinski definition) is 2. The molecule has 1 aliphatic heterocycles. The molecule has 0 radical (unpaired) electrons. The first kappa shape index (κ1) is 23.3. The number of imidazole rings is 1. The first-order valence-corrected chi connectivity index (χ1v) is 13.0. The molecule has 1 atom stereocenters. The summed E-state index contributed by atoms with van der Waals surface area (Å²) in [6.45, 7) is 1.48. The Morgan fingerprint density at radius 2 is 1.73 bits per heavy atom. The summed E-state index contributed by atoms with van der Waals surface area (Å²) in [5, 5.41) is 3.01. The Balaban J connectivity index is 1.13. The smallest absolute Gasteiger partial charge is 0.410 e. The van der Waals surface area contributed by atoms with E-state index in [0.717, 1.165) is 64.8 Å². The van der Waals surface area contributed by atoms with Gasteiger partial charge in [0.1, 0.15) is 12.4 Å². The number of rotatable bonds is 7. The van der Waals surface area contributed by atoms with Gasteiger partial charge in [0.2, 0.25) is 5.91 Å². The van der Waals surface area contributed by atoms with Crippen LogP contribution in [0.1, 0.15) is 48.7 Å². The average Bonchev–Trinajstić information content (AvgIpc) is 3.52. The van der Waals surface area contributed by atoms with Crippen molar-refractivity contribution in [1.82, 2.24) is 20.2 Å². The third kappa shape index (κ3) is 5.21. The van der Waals surface area contributed by atoms with Crippen LogP contribution in [-0.4, -0.2) is 33.4 Å². The summed E-state index contributed by atoms with van der Waals surface area (Å²) in [5.41, 5.74) is 6.04. The first-order chi connectivity index (χ1) is 18.1. The number of fused-ring (bicyclic) bond motifs is 1. The minimum Gasteiger partial charge on any atom is -0.445 e. The normalized spacial score (nSPS) is 17.2. The van der Waals surface area contributed by atoms with E-state index in [1.807, 2.05) is 36.4 Å². The molecule has 0 spiro atoms. The standard InChI is InChI=1S/C30H30N4O3/c35-29(23-12-13-23)31-18-20-8-10-22(11-9-20)24-14-15-25-26(17-24)33-28(32-25)27-7-4-16-34(27)30(36)37-19-21-5-2-1-3-6-21/h1-3,5-6,8-11,14-15,17,23,27H,4,7,12-13,16,18-19H2,(H,31,35)(H,32,33)/t27-/m0/s1. The van der Waals surface area contributed by atoms with Gasteiger partial charge in [0.05, 0.1) is 17.1 Å². The SMILES string of the molecule is O=C(NCc1ccc(-c2ccc3[nH]c([C@@H]4CCCN4C(=O)OCc4ccccc4)nc3c2)cc1)C1CC1. The predicted octanol–water partition coefficient (Wildman–Crippen LogP) is 5.73. The van der Waals surface area contributed by atoms with Gasteiger partial charge in [0.25, 0.3) is 0 Å². The lowest BCUT2D eigenvalue weighted by Crippen LogP contribution is -2.31. The highest BCUT2D eigenvalue weighted by Gasteiger charge is 2.33. The number of nitrogens with zero attached hydrogens (tertiary/aromatic N) is 2. The summed E-state index contributed by atoms with van der Waals surface area (Å²) >= 11 is 0. The van der Waals surface area contributed by atoms with Crippen molar-refractivity contribution in [3.8, 4) is 11.1 Å². The lowest BCUT2D eigenvalue weighted by Gasteiger charge is -2.22. The van der Waals surface area contributed by atoms with E-state index in [2.05, 4.69) is 46.7 Å². The summed E-state index contributed by atoms with van der Waals surface area (Å²) < 4.78 is 5.59. The molecular formula is C30H30N4O3. The number of carbonyl (C=O) groups excluding carboxylic acids is 2. The van der Waals surface area contributed by atoms with Crippen LogP contribution in [0, 0.1) is 5.92 Å². The fraction of sp³-hybridized carbons (Fsp3) is 0.300. The Kier molecular flexibility index (Phi) is 6.35. The number of amides is 2. The molecule has 4 aromatic rings. The molecule has 1 aliphatic carbocycles. The number of nitrogens with one attached hydrogen (secondary N) is 2. The summed E-state index contributed by atoms with van der Waals surface area (Å²) in [6, 6.07) is 24.1. The van der Waals surface area contributed by atoms with Gasteiger partial charge < -0.3 is 15.0 Å². The van der Waals surface area contributed by atoms with Crippen LogP contribution in [0.2, 0.25) is 0 Å². The van der Waals surface area contributed by atoms with Gasteiger partial charge in [-0.15, -0.1) is 0 Å². The highest BCUT2D eigenvalue weighted by Crippen LogP contribution is 2.33. The number of aromatic nitrogens is 2. The Morgan fingerprint density at radius 3 is 2.51 bits per heavy atom. The number of H-pyrrole nitrogens is 1. The van der Waals surface area contributed by atoms with Gasteiger partial charge in [-0.2, -0.15) is 0 Å². The Morgan fingerprint density at radius 1 is 0.946 bits per heavy atom.